The molecule has 0 aliphatic carbocycles. The van der Waals surface area contributed by atoms with Gasteiger partial charge in [-0.3, -0.25) is 9.78 Å². The third-order valence-corrected chi connectivity index (χ3v) is 5.99. The number of para-hydroxylation sites is 1. The van der Waals surface area contributed by atoms with Crippen LogP contribution in [0.15, 0.2) is 70.1 Å². The molecule has 0 amide bonds. The van der Waals surface area contributed by atoms with Crippen molar-refractivity contribution in [2.45, 2.75) is 33.1 Å². The fourth-order valence-corrected chi connectivity index (χ4v) is 4.34. The molecule has 3 heterocycles. The van der Waals surface area contributed by atoms with Gasteiger partial charge in [0.2, 0.25) is 0 Å². The van der Waals surface area contributed by atoms with Gasteiger partial charge in [0, 0.05) is 40.3 Å². The molecule has 6 heteroatoms. The fraction of sp³-hybridized carbons (Fsp3) is 0.259. The van der Waals surface area contributed by atoms with Crippen LogP contribution in [0.25, 0.3) is 22.3 Å². The molecule has 0 radical (unpaired) electrons. The molecule has 0 unspecified atom stereocenters. The van der Waals surface area contributed by atoms with E-state index in [1.165, 1.54) is 0 Å². The molecular weight excluding hydrogens is 416 g/mol. The zero-order chi connectivity index (χ0) is 22.9. The quantitative estimate of drug-likeness (QED) is 0.428. The van der Waals surface area contributed by atoms with E-state index in [2.05, 4.69) is 23.3 Å². The van der Waals surface area contributed by atoms with Crippen molar-refractivity contribution in [1.82, 2.24) is 4.98 Å². The van der Waals surface area contributed by atoms with Crippen LogP contribution in [0.5, 0.6) is 0 Å². The Hall–Kier alpha value is -3.48. The van der Waals surface area contributed by atoms with Crippen LogP contribution in [0, 0.1) is 13.8 Å². The zero-order valence-electron chi connectivity index (χ0n) is 18.9. The third kappa shape index (κ3) is 4.03. The standard InChI is InChI=1S/C27H26N2O4/c1-16-13-21(18(3)29-23-9-5-4-8-20(23)27-31-11-12-32-27)26-22(14-16)24(30)17(2)25(33-26)19-7-6-10-28-15-19/h4-10,13-15,18,27,29H,11-12H2,1-3H3/t18-/m1/s1. The van der Waals surface area contributed by atoms with Crippen molar-refractivity contribution in [3.63, 3.8) is 0 Å². The third-order valence-electron chi connectivity index (χ3n) is 5.99. The van der Waals surface area contributed by atoms with Gasteiger partial charge < -0.3 is 19.2 Å². The van der Waals surface area contributed by atoms with Crippen molar-refractivity contribution in [3.8, 4) is 11.3 Å². The number of fused-ring (bicyclic) bond motifs is 1. The topological polar surface area (TPSA) is 73.6 Å². The number of rotatable bonds is 5. The molecular formula is C27H26N2O4. The minimum Gasteiger partial charge on any atom is -0.455 e. The summed E-state index contributed by atoms with van der Waals surface area (Å²) in [5, 5.41) is 4.16. The van der Waals surface area contributed by atoms with E-state index in [0.29, 0.717) is 35.5 Å². The Balaban J connectivity index is 1.61. The maximum absolute atomic E-state index is 13.3. The maximum Gasteiger partial charge on any atom is 0.196 e. The lowest BCUT2D eigenvalue weighted by Gasteiger charge is -2.22. The summed E-state index contributed by atoms with van der Waals surface area (Å²) in [5.41, 5.74) is 5.70. The molecule has 4 aromatic rings. The van der Waals surface area contributed by atoms with Gasteiger partial charge in [-0.25, -0.2) is 0 Å². The highest BCUT2D eigenvalue weighted by Gasteiger charge is 2.23. The van der Waals surface area contributed by atoms with Crippen molar-refractivity contribution in [1.29, 1.82) is 0 Å². The lowest BCUT2D eigenvalue weighted by Crippen LogP contribution is -2.14. The molecule has 1 aliphatic heterocycles. The number of anilines is 1. The van der Waals surface area contributed by atoms with Crippen LogP contribution in [0.4, 0.5) is 5.69 Å². The number of nitrogens with one attached hydrogen (secondary N) is 1. The van der Waals surface area contributed by atoms with E-state index in [1.807, 2.05) is 49.4 Å². The van der Waals surface area contributed by atoms with Crippen molar-refractivity contribution in [2.24, 2.45) is 0 Å². The highest BCUT2D eigenvalue weighted by atomic mass is 16.7. The van der Waals surface area contributed by atoms with E-state index < -0.39 is 0 Å². The first-order chi connectivity index (χ1) is 16.0. The van der Waals surface area contributed by atoms with E-state index in [-0.39, 0.29) is 17.8 Å². The molecule has 1 N–H and O–H groups in total. The number of hydrogen-bond donors (Lipinski definition) is 1. The van der Waals surface area contributed by atoms with Gasteiger partial charge in [-0.2, -0.15) is 0 Å². The van der Waals surface area contributed by atoms with E-state index in [4.69, 9.17) is 13.9 Å². The summed E-state index contributed by atoms with van der Waals surface area (Å²) in [6.07, 6.45) is 3.03. The second kappa shape index (κ2) is 8.81. The van der Waals surface area contributed by atoms with Crippen LogP contribution >= 0.6 is 0 Å². The molecule has 1 aliphatic rings. The number of benzene rings is 2. The molecule has 6 nitrogen and oxygen atoms in total. The normalized spacial score (nSPS) is 15.1. The predicted molar refractivity (Wildman–Crippen MR) is 128 cm³/mol. The molecule has 2 aromatic carbocycles. The Bertz CT molecular complexity index is 1360. The molecule has 5 rings (SSSR count). The average molecular weight is 443 g/mol. The number of aryl methyl sites for hydroxylation is 1. The molecule has 0 spiro atoms. The minimum absolute atomic E-state index is 0.0274. The van der Waals surface area contributed by atoms with E-state index in [1.54, 1.807) is 19.3 Å². The molecule has 0 saturated carbocycles. The second-order valence-electron chi connectivity index (χ2n) is 8.38. The molecule has 0 bridgehead atoms. The van der Waals surface area contributed by atoms with Crippen LogP contribution < -0.4 is 10.7 Å². The Kier molecular flexibility index (Phi) is 5.70. The van der Waals surface area contributed by atoms with Crippen LogP contribution in [-0.4, -0.2) is 18.2 Å². The summed E-state index contributed by atoms with van der Waals surface area (Å²) in [7, 11) is 0. The number of pyridine rings is 1. The fourth-order valence-electron chi connectivity index (χ4n) is 4.34. The monoisotopic (exact) mass is 442 g/mol. The highest BCUT2D eigenvalue weighted by molar-refractivity contribution is 5.84. The Morgan fingerprint density at radius 2 is 1.85 bits per heavy atom. The van der Waals surface area contributed by atoms with Gasteiger partial charge in [0.1, 0.15) is 11.3 Å². The molecule has 168 valence electrons. The highest BCUT2D eigenvalue weighted by Crippen LogP contribution is 2.35. The van der Waals surface area contributed by atoms with Crippen molar-refractivity contribution >= 4 is 16.7 Å². The number of aromatic nitrogens is 1. The summed E-state index contributed by atoms with van der Waals surface area (Å²) >= 11 is 0. The van der Waals surface area contributed by atoms with E-state index in [0.717, 1.165) is 27.9 Å². The summed E-state index contributed by atoms with van der Waals surface area (Å²) in [4.78, 5) is 17.5. The first-order valence-corrected chi connectivity index (χ1v) is 11.1. The molecule has 1 atom stereocenters. The van der Waals surface area contributed by atoms with Crippen LogP contribution in [0.1, 0.15) is 41.5 Å². The molecule has 1 saturated heterocycles. The van der Waals surface area contributed by atoms with Gasteiger partial charge in [0.25, 0.3) is 0 Å². The largest absolute Gasteiger partial charge is 0.455 e. The van der Waals surface area contributed by atoms with Gasteiger partial charge in [-0.05, 0) is 50.6 Å². The van der Waals surface area contributed by atoms with E-state index in [9.17, 15) is 4.79 Å². The van der Waals surface area contributed by atoms with E-state index >= 15 is 0 Å². The Morgan fingerprint density at radius 1 is 1.06 bits per heavy atom. The average Bonchev–Trinajstić information content (AvgIpc) is 3.37. The lowest BCUT2D eigenvalue weighted by molar-refractivity contribution is -0.0436. The number of nitrogens with zero attached hydrogens (tertiary/aromatic N) is 1. The lowest BCUT2D eigenvalue weighted by atomic mass is 9.98. The molecule has 1 fully saturated rings. The second-order valence-corrected chi connectivity index (χ2v) is 8.38. The van der Waals surface area contributed by atoms with Gasteiger partial charge in [-0.15, -0.1) is 0 Å². The van der Waals surface area contributed by atoms with Crippen molar-refractivity contribution in [2.75, 3.05) is 18.5 Å². The summed E-state index contributed by atoms with van der Waals surface area (Å²) in [5.74, 6) is 0.547. The van der Waals surface area contributed by atoms with Crippen LogP contribution in [-0.2, 0) is 9.47 Å². The Labute approximate surface area is 192 Å². The van der Waals surface area contributed by atoms with Crippen LogP contribution in [0.3, 0.4) is 0 Å². The van der Waals surface area contributed by atoms with Gasteiger partial charge in [-0.1, -0.05) is 24.3 Å². The van der Waals surface area contributed by atoms with Gasteiger partial charge in [0.15, 0.2) is 11.7 Å². The zero-order valence-corrected chi connectivity index (χ0v) is 18.9. The number of hydrogen-bond acceptors (Lipinski definition) is 6. The summed E-state index contributed by atoms with van der Waals surface area (Å²) in [6, 6.07) is 15.5. The first-order valence-electron chi connectivity index (χ1n) is 11.1. The molecule has 2 aromatic heterocycles. The SMILES string of the molecule is Cc1cc([C@@H](C)Nc2ccccc2C2OCCO2)c2oc(-c3cccnc3)c(C)c(=O)c2c1. The first kappa shape index (κ1) is 21.4. The smallest absolute Gasteiger partial charge is 0.196 e. The summed E-state index contributed by atoms with van der Waals surface area (Å²) < 4.78 is 17.8. The number of ether oxygens (including phenoxy) is 2. The van der Waals surface area contributed by atoms with Gasteiger partial charge >= 0.3 is 0 Å². The predicted octanol–water partition coefficient (Wildman–Crippen LogP) is 5.69. The maximum atomic E-state index is 13.3. The van der Waals surface area contributed by atoms with Crippen molar-refractivity contribution < 1.29 is 13.9 Å². The van der Waals surface area contributed by atoms with Crippen LogP contribution in [0.2, 0.25) is 0 Å². The molecule has 33 heavy (non-hydrogen) atoms. The summed E-state index contributed by atoms with van der Waals surface area (Å²) in [6.45, 7) is 7.02. The minimum atomic E-state index is -0.382. The Morgan fingerprint density at radius 3 is 2.61 bits per heavy atom. The van der Waals surface area contributed by atoms with Crippen molar-refractivity contribution in [3.05, 3.63) is 93.4 Å². The van der Waals surface area contributed by atoms with Gasteiger partial charge in [0.05, 0.1) is 24.6 Å².